The molecule has 0 unspecified atom stereocenters. The van der Waals surface area contributed by atoms with Crippen molar-refractivity contribution in [3.8, 4) is 11.3 Å². The van der Waals surface area contributed by atoms with Crippen molar-refractivity contribution in [2.24, 2.45) is 0 Å². The van der Waals surface area contributed by atoms with Crippen LogP contribution in [-0.4, -0.2) is 13.1 Å². The van der Waals surface area contributed by atoms with Crippen LogP contribution < -0.4 is 5.19 Å². The summed E-state index contributed by atoms with van der Waals surface area (Å²) in [6, 6.07) is 17.6. The van der Waals surface area contributed by atoms with Crippen molar-refractivity contribution in [3.05, 3.63) is 83.6 Å². The summed E-state index contributed by atoms with van der Waals surface area (Å²) >= 11 is 0. The molecule has 122 valence electrons. The predicted octanol–water partition coefficient (Wildman–Crippen LogP) is 5.19. The fourth-order valence-corrected chi connectivity index (χ4v) is 4.03. The minimum atomic E-state index is -2.15. The molecule has 2 aromatic carbocycles. The SMILES string of the molecule is [2H]C([2H])([2H])c1ccc(-c2cc(C([2H])([2H])c3ccccc3)c([Si](C)(C)C)cn2)cc1. The molecule has 3 aromatic rings. The Morgan fingerprint density at radius 2 is 1.71 bits per heavy atom. The zero-order valence-corrected chi connectivity index (χ0v) is 15.3. The summed E-state index contributed by atoms with van der Waals surface area (Å²) in [7, 11) is -1.86. The van der Waals surface area contributed by atoms with E-state index < -0.39 is 21.3 Å². The van der Waals surface area contributed by atoms with Crippen molar-refractivity contribution in [1.82, 2.24) is 4.98 Å². The molecule has 0 atom stereocenters. The molecular weight excluding hydrogens is 306 g/mol. The molecule has 1 aromatic heterocycles. The number of aryl methyl sites for hydroxylation is 1. The molecular formula is C22H25NSi. The van der Waals surface area contributed by atoms with Crippen LogP contribution in [0.1, 0.15) is 23.5 Å². The molecule has 0 spiro atoms. The van der Waals surface area contributed by atoms with Gasteiger partial charge in [-0.2, -0.15) is 0 Å². The number of pyridine rings is 1. The van der Waals surface area contributed by atoms with E-state index in [1.807, 2.05) is 24.3 Å². The zero-order valence-electron chi connectivity index (χ0n) is 19.3. The van der Waals surface area contributed by atoms with Gasteiger partial charge in [-0.3, -0.25) is 4.98 Å². The molecule has 0 aliphatic carbocycles. The Bertz CT molecular complexity index is 990. The fraction of sp³-hybridized carbons (Fsp3) is 0.227. The van der Waals surface area contributed by atoms with Crippen molar-refractivity contribution in [2.45, 2.75) is 32.9 Å². The summed E-state index contributed by atoms with van der Waals surface area (Å²) in [6.45, 7) is 4.39. The van der Waals surface area contributed by atoms with E-state index in [2.05, 4.69) is 24.6 Å². The lowest BCUT2D eigenvalue weighted by atomic mass is 10.0. The molecule has 0 aliphatic rings. The van der Waals surface area contributed by atoms with E-state index in [0.29, 0.717) is 16.8 Å². The smallest absolute Gasteiger partial charge is 0.0799 e. The second-order valence-corrected chi connectivity index (χ2v) is 12.0. The first kappa shape index (κ1) is 11.4. The third kappa shape index (κ3) is 3.82. The van der Waals surface area contributed by atoms with Gasteiger partial charge in [-0.25, -0.2) is 0 Å². The minimum absolute atomic E-state index is 0.278. The first-order valence-electron chi connectivity index (χ1n) is 10.6. The highest BCUT2D eigenvalue weighted by Crippen LogP contribution is 2.21. The van der Waals surface area contributed by atoms with Gasteiger partial charge in [0.1, 0.15) is 0 Å². The number of benzene rings is 2. The lowest BCUT2D eigenvalue weighted by Gasteiger charge is -2.21. The van der Waals surface area contributed by atoms with Crippen LogP contribution in [0.5, 0.6) is 0 Å². The fourth-order valence-electron chi connectivity index (χ4n) is 2.63. The highest BCUT2D eigenvalue weighted by molar-refractivity contribution is 6.89. The van der Waals surface area contributed by atoms with Crippen LogP contribution in [-0.2, 0) is 6.37 Å². The minimum Gasteiger partial charge on any atom is -0.256 e. The summed E-state index contributed by atoms with van der Waals surface area (Å²) in [5.74, 6) is 0. The van der Waals surface area contributed by atoms with Gasteiger partial charge in [-0.15, -0.1) is 0 Å². The van der Waals surface area contributed by atoms with E-state index >= 15 is 0 Å². The van der Waals surface area contributed by atoms with E-state index in [1.54, 1.807) is 42.6 Å². The van der Waals surface area contributed by atoms with Crippen LogP contribution in [0, 0.1) is 6.85 Å². The van der Waals surface area contributed by atoms with Gasteiger partial charge in [0.05, 0.1) is 13.8 Å². The molecule has 3 rings (SSSR count). The highest BCUT2D eigenvalue weighted by atomic mass is 28.3. The maximum absolute atomic E-state index is 8.89. The van der Waals surface area contributed by atoms with Crippen LogP contribution in [0.3, 0.4) is 0 Å². The van der Waals surface area contributed by atoms with E-state index in [0.717, 1.165) is 10.8 Å². The summed E-state index contributed by atoms with van der Waals surface area (Å²) in [6.07, 6.45) is 0.141. The average molecular weight is 337 g/mol. The molecule has 1 heterocycles. The molecule has 0 bridgehead atoms. The standard InChI is InChI=1S/C22H25NSi/c1-17-10-12-19(13-11-17)21-15-20(14-18-8-6-5-7-9-18)22(16-23-21)24(2,3)4/h5-13,15-16H,14H2,1-4H3/i1D3,14D2. The van der Waals surface area contributed by atoms with Crippen LogP contribution in [0.25, 0.3) is 11.3 Å². The third-order valence-corrected chi connectivity index (χ3v) is 5.96. The summed E-state index contributed by atoms with van der Waals surface area (Å²) in [5, 5.41) is 0.981. The van der Waals surface area contributed by atoms with E-state index in [-0.39, 0.29) is 5.56 Å². The van der Waals surface area contributed by atoms with Gasteiger partial charge < -0.3 is 0 Å². The zero-order chi connectivity index (χ0) is 21.4. The van der Waals surface area contributed by atoms with Gasteiger partial charge >= 0.3 is 0 Å². The summed E-state index contributed by atoms with van der Waals surface area (Å²) < 4.78 is 40.4. The summed E-state index contributed by atoms with van der Waals surface area (Å²) in [5.41, 5.74) is 2.92. The first-order chi connectivity index (χ1) is 13.4. The average Bonchev–Trinajstić information content (AvgIpc) is 2.67. The van der Waals surface area contributed by atoms with Crippen LogP contribution in [0.4, 0.5) is 0 Å². The molecule has 1 nitrogen and oxygen atoms in total. The Hall–Kier alpha value is -2.19. The van der Waals surface area contributed by atoms with Gasteiger partial charge in [-0.1, -0.05) is 79.8 Å². The Labute approximate surface area is 153 Å². The van der Waals surface area contributed by atoms with Gasteiger partial charge in [0.15, 0.2) is 0 Å². The quantitative estimate of drug-likeness (QED) is 0.597. The maximum atomic E-state index is 8.89. The number of aromatic nitrogens is 1. The van der Waals surface area contributed by atoms with Crippen LogP contribution in [0.15, 0.2) is 66.9 Å². The van der Waals surface area contributed by atoms with Gasteiger partial charge in [0, 0.05) is 18.6 Å². The normalized spacial score (nSPS) is 15.7. The highest BCUT2D eigenvalue weighted by Gasteiger charge is 2.21. The van der Waals surface area contributed by atoms with Crippen molar-refractivity contribution < 1.29 is 6.85 Å². The van der Waals surface area contributed by atoms with Crippen molar-refractivity contribution >= 4 is 13.3 Å². The Morgan fingerprint density at radius 1 is 1.00 bits per heavy atom. The number of hydrogen-bond donors (Lipinski definition) is 0. The number of nitrogens with zero attached hydrogens (tertiary/aromatic N) is 1. The van der Waals surface area contributed by atoms with Gasteiger partial charge in [0.25, 0.3) is 0 Å². The molecule has 0 N–H and O–H groups in total. The molecule has 24 heavy (non-hydrogen) atoms. The second kappa shape index (κ2) is 6.74. The topological polar surface area (TPSA) is 12.9 Å². The molecule has 0 radical (unpaired) electrons. The largest absolute Gasteiger partial charge is 0.256 e. The lowest BCUT2D eigenvalue weighted by molar-refractivity contribution is 1.18. The molecule has 0 fully saturated rings. The Kier molecular flexibility index (Phi) is 3.19. The Morgan fingerprint density at radius 3 is 2.33 bits per heavy atom. The molecule has 0 aliphatic heterocycles. The Balaban J connectivity index is 2.15. The van der Waals surface area contributed by atoms with E-state index in [4.69, 9.17) is 6.85 Å². The monoisotopic (exact) mass is 336 g/mol. The molecule has 0 amide bonds. The van der Waals surface area contributed by atoms with E-state index in [9.17, 15) is 0 Å². The molecule has 0 saturated carbocycles. The molecule has 2 heteroatoms. The maximum Gasteiger partial charge on any atom is 0.0799 e. The first-order valence-corrected chi connectivity index (χ1v) is 11.6. The van der Waals surface area contributed by atoms with Crippen LogP contribution >= 0.6 is 0 Å². The van der Waals surface area contributed by atoms with Crippen molar-refractivity contribution in [1.29, 1.82) is 0 Å². The third-order valence-electron chi connectivity index (χ3n) is 3.95. The van der Waals surface area contributed by atoms with Gasteiger partial charge in [0.2, 0.25) is 0 Å². The van der Waals surface area contributed by atoms with Crippen molar-refractivity contribution in [2.75, 3.05) is 0 Å². The summed E-state index contributed by atoms with van der Waals surface area (Å²) in [4.78, 5) is 4.60. The van der Waals surface area contributed by atoms with Gasteiger partial charge in [-0.05, 0) is 35.6 Å². The molecule has 0 saturated heterocycles. The second-order valence-electron chi connectivity index (χ2n) is 6.93. The predicted molar refractivity (Wildman–Crippen MR) is 107 cm³/mol. The number of hydrogen-bond acceptors (Lipinski definition) is 1. The number of rotatable bonds is 4. The van der Waals surface area contributed by atoms with Crippen LogP contribution in [0.2, 0.25) is 19.6 Å². The lowest BCUT2D eigenvalue weighted by Crippen LogP contribution is -2.40. The van der Waals surface area contributed by atoms with Crippen molar-refractivity contribution in [3.63, 3.8) is 0 Å². The van der Waals surface area contributed by atoms with E-state index in [1.165, 1.54) is 0 Å².